The zero-order valence-electron chi connectivity index (χ0n) is 39.2. The van der Waals surface area contributed by atoms with Crippen LogP contribution in [0.3, 0.4) is 0 Å². The summed E-state index contributed by atoms with van der Waals surface area (Å²) in [7, 11) is 0. The number of amides is 3. The summed E-state index contributed by atoms with van der Waals surface area (Å²) >= 11 is 1.36. The molecule has 70 heavy (non-hydrogen) atoms. The average Bonchev–Trinajstić information content (AvgIpc) is 3.85. The standard InChI is InChI=1S/C45H59F2N5O10S.C2HF3O2/c1-45(2,3)42(43-49-38(35-28-33(46)11-12-36(35)47)30-50(43)29-32-8-5-4-6-9-32)52(18-15-37(48)44(57)58)41(56)31-63-27-26-62-25-24-61-23-22-60-21-20-59-19-16-34(53)10-7-17-51-39(54)13-14-40(51)55;3-2(4,5)1(6)7/h4-6,8-9,11-14,28,30,37,42H,7,10,15-27,29,31,48H2,1-3H3,(H,57,58);(H,6,7). The Balaban J connectivity index is 0.00000171. The SMILES string of the molecule is CC(C)(C)C(c1nc(-c2cc(F)ccc2F)cn1Cc1ccccc1)N(CCC(N)C(=O)O)C(=O)CSCCOCCOCCOCCOCCC(=O)CCCN1C(=O)C=CC1=O.O=C(O)C(F)(F)F. The molecule has 1 aromatic heterocycles. The van der Waals surface area contributed by atoms with Crippen molar-refractivity contribution in [3.63, 3.8) is 0 Å². The van der Waals surface area contributed by atoms with E-state index in [-0.39, 0.29) is 79.5 Å². The van der Waals surface area contributed by atoms with Crippen LogP contribution in [0, 0.1) is 17.0 Å². The molecule has 0 radical (unpaired) electrons. The van der Waals surface area contributed by atoms with E-state index in [0.717, 1.165) is 28.7 Å². The maximum atomic E-state index is 15.1. The molecule has 3 amide bonds. The number of ketones is 1. The van der Waals surface area contributed by atoms with Gasteiger partial charge in [0.15, 0.2) is 0 Å². The summed E-state index contributed by atoms with van der Waals surface area (Å²) in [5.74, 6) is -5.23. The molecule has 23 heteroatoms. The first-order chi connectivity index (χ1) is 33.1. The molecule has 2 heterocycles. The zero-order valence-corrected chi connectivity index (χ0v) is 40.0. The Hall–Kier alpha value is -5.59. The van der Waals surface area contributed by atoms with E-state index < -0.39 is 47.2 Å². The number of hydrogen-bond donors (Lipinski definition) is 3. The Bertz CT molecular complexity index is 2190. The highest BCUT2D eigenvalue weighted by molar-refractivity contribution is 7.99. The van der Waals surface area contributed by atoms with Crippen LogP contribution in [-0.4, -0.2) is 155 Å². The number of thioether (sulfide) groups is 1. The number of carboxylic acid groups (broad SMARTS) is 2. The van der Waals surface area contributed by atoms with Gasteiger partial charge >= 0.3 is 18.1 Å². The molecule has 0 saturated carbocycles. The van der Waals surface area contributed by atoms with E-state index in [1.807, 2.05) is 55.7 Å². The van der Waals surface area contributed by atoms with E-state index in [2.05, 4.69) is 0 Å². The van der Waals surface area contributed by atoms with Crippen LogP contribution in [0.5, 0.6) is 0 Å². The van der Waals surface area contributed by atoms with Gasteiger partial charge in [0.1, 0.15) is 29.3 Å². The molecule has 0 spiro atoms. The number of hydrogen-bond acceptors (Lipinski definition) is 13. The molecule has 1 aliphatic rings. The van der Waals surface area contributed by atoms with E-state index in [9.17, 15) is 46.6 Å². The Morgan fingerprint density at radius 3 is 1.96 bits per heavy atom. The molecule has 1 aliphatic heterocycles. The largest absolute Gasteiger partial charge is 0.490 e. The van der Waals surface area contributed by atoms with E-state index >= 15 is 4.39 Å². The van der Waals surface area contributed by atoms with Crippen molar-refractivity contribution in [2.45, 2.75) is 71.3 Å². The smallest absolute Gasteiger partial charge is 0.480 e. The van der Waals surface area contributed by atoms with Gasteiger partial charge in [0.25, 0.3) is 11.8 Å². The minimum Gasteiger partial charge on any atom is -0.480 e. The van der Waals surface area contributed by atoms with Gasteiger partial charge in [-0.1, -0.05) is 51.1 Å². The monoisotopic (exact) mass is 1010 g/mol. The Labute approximate surface area is 406 Å². The number of aromatic nitrogens is 2. The molecule has 2 atom stereocenters. The third-order valence-corrected chi connectivity index (χ3v) is 11.0. The summed E-state index contributed by atoms with van der Waals surface area (Å²) in [5.41, 5.74) is 6.35. The van der Waals surface area contributed by atoms with Gasteiger partial charge in [-0.15, -0.1) is 11.8 Å². The van der Waals surface area contributed by atoms with Gasteiger partial charge in [0.2, 0.25) is 5.91 Å². The van der Waals surface area contributed by atoms with Crippen molar-refractivity contribution < 1.29 is 79.9 Å². The van der Waals surface area contributed by atoms with Gasteiger partial charge in [0.05, 0.1) is 70.3 Å². The topological polar surface area (TPSA) is 230 Å². The number of nitrogens with two attached hydrogens (primary N) is 1. The second kappa shape index (κ2) is 29.6. The number of rotatable bonds is 30. The van der Waals surface area contributed by atoms with E-state index in [0.29, 0.717) is 70.8 Å². The summed E-state index contributed by atoms with van der Waals surface area (Å²) in [5, 5.41) is 16.7. The molecule has 4 rings (SSSR count). The molecular weight excluding hydrogens is 954 g/mol. The lowest BCUT2D eigenvalue weighted by Crippen LogP contribution is -2.46. The number of ether oxygens (including phenoxy) is 4. The number of nitrogens with zero attached hydrogens (tertiary/aromatic N) is 4. The number of alkyl halides is 3. The molecule has 0 fully saturated rings. The molecule has 2 aromatic carbocycles. The number of aliphatic carboxylic acids is 2. The number of benzene rings is 2. The lowest BCUT2D eigenvalue weighted by atomic mass is 9.84. The Kier molecular flexibility index (Phi) is 24.8. The Morgan fingerprint density at radius 1 is 0.829 bits per heavy atom. The quantitative estimate of drug-likeness (QED) is 0.0414. The third kappa shape index (κ3) is 20.8. The van der Waals surface area contributed by atoms with Crippen LogP contribution in [0.1, 0.15) is 63.9 Å². The van der Waals surface area contributed by atoms with Crippen molar-refractivity contribution in [1.82, 2.24) is 19.4 Å². The highest BCUT2D eigenvalue weighted by Gasteiger charge is 2.39. The summed E-state index contributed by atoms with van der Waals surface area (Å²) < 4.78 is 85.2. The van der Waals surface area contributed by atoms with Crippen molar-refractivity contribution in [3.8, 4) is 11.3 Å². The van der Waals surface area contributed by atoms with Gasteiger partial charge in [-0.05, 0) is 42.0 Å². The summed E-state index contributed by atoms with van der Waals surface area (Å²) in [6.07, 6.45) is -0.0986. The number of imide groups is 1. The normalized spacial score (nSPS) is 13.5. The predicted octanol–water partition coefficient (Wildman–Crippen LogP) is 5.69. The third-order valence-electron chi connectivity index (χ3n) is 10.1. The van der Waals surface area contributed by atoms with Crippen molar-refractivity contribution in [2.24, 2.45) is 11.1 Å². The highest BCUT2D eigenvalue weighted by Crippen LogP contribution is 2.40. The van der Waals surface area contributed by atoms with Crippen molar-refractivity contribution in [1.29, 1.82) is 0 Å². The summed E-state index contributed by atoms with van der Waals surface area (Å²) in [4.78, 5) is 77.5. The number of carbonyl (C=O) groups excluding carboxylic acids is 4. The first kappa shape index (κ1) is 58.7. The maximum Gasteiger partial charge on any atom is 0.490 e. The molecule has 3 aromatic rings. The molecule has 4 N–H and O–H groups in total. The van der Waals surface area contributed by atoms with Crippen molar-refractivity contribution in [3.05, 3.63) is 89.9 Å². The minimum atomic E-state index is -5.08. The van der Waals surface area contributed by atoms with E-state index in [1.165, 1.54) is 23.9 Å². The van der Waals surface area contributed by atoms with E-state index in [1.54, 1.807) is 11.1 Å². The Morgan fingerprint density at radius 2 is 1.40 bits per heavy atom. The number of carboxylic acids is 2. The van der Waals surface area contributed by atoms with E-state index in [4.69, 9.17) is 39.6 Å². The maximum absolute atomic E-state index is 15.1. The van der Waals surface area contributed by atoms with Crippen molar-refractivity contribution in [2.75, 3.05) is 77.5 Å². The average molecular weight is 1010 g/mol. The van der Waals surface area contributed by atoms with Crippen LogP contribution in [0.25, 0.3) is 11.3 Å². The summed E-state index contributed by atoms with van der Waals surface area (Å²) in [6.45, 7) is 8.99. The molecule has 0 saturated heterocycles. The van der Waals surface area contributed by atoms with Crippen LogP contribution < -0.4 is 5.73 Å². The van der Waals surface area contributed by atoms with Gasteiger partial charge in [0, 0.05) is 62.1 Å². The molecule has 2 unspecified atom stereocenters. The second-order valence-electron chi connectivity index (χ2n) is 16.7. The van der Waals surface area contributed by atoms with Crippen LogP contribution in [-0.2, 0) is 54.3 Å². The first-order valence-electron chi connectivity index (χ1n) is 22.2. The fraction of sp³-hybridized carbons (Fsp3) is 0.511. The van der Waals surface area contributed by atoms with Gasteiger partial charge in [-0.3, -0.25) is 28.9 Å². The zero-order chi connectivity index (χ0) is 51.9. The minimum absolute atomic E-state index is 0.00318. The lowest BCUT2D eigenvalue weighted by molar-refractivity contribution is -0.192. The van der Waals surface area contributed by atoms with Crippen LogP contribution in [0.2, 0.25) is 0 Å². The number of Topliss-reactive ketones (excluding diaryl/α,β-unsaturated/α-hetero) is 1. The predicted molar refractivity (Wildman–Crippen MR) is 246 cm³/mol. The van der Waals surface area contributed by atoms with Crippen LogP contribution in [0.4, 0.5) is 22.0 Å². The molecule has 0 aliphatic carbocycles. The summed E-state index contributed by atoms with van der Waals surface area (Å²) in [6, 6.07) is 10.7. The second-order valence-corrected chi connectivity index (χ2v) is 17.8. The number of imidazole rings is 1. The molecule has 0 bridgehead atoms. The number of halogens is 5. The van der Waals surface area contributed by atoms with Crippen LogP contribution in [0.15, 0.2) is 66.9 Å². The highest BCUT2D eigenvalue weighted by atomic mass is 32.2. The fourth-order valence-electron chi connectivity index (χ4n) is 6.69. The molecular formula is C47H60F5N5O12S. The van der Waals surface area contributed by atoms with Crippen LogP contribution >= 0.6 is 11.8 Å². The van der Waals surface area contributed by atoms with Crippen molar-refractivity contribution >= 4 is 47.2 Å². The van der Waals surface area contributed by atoms with Gasteiger partial charge in [-0.25, -0.2) is 18.6 Å². The molecule has 386 valence electrons. The van der Waals surface area contributed by atoms with Gasteiger partial charge in [-0.2, -0.15) is 13.2 Å². The first-order valence-corrected chi connectivity index (χ1v) is 23.3. The lowest BCUT2D eigenvalue weighted by Gasteiger charge is -2.40. The molecule has 17 nitrogen and oxygen atoms in total. The number of carbonyl (C=O) groups is 6. The van der Waals surface area contributed by atoms with Gasteiger partial charge < -0.3 is 44.4 Å². The fourth-order valence-corrected chi connectivity index (χ4v) is 7.41.